The summed E-state index contributed by atoms with van der Waals surface area (Å²) < 4.78 is 5.47. The highest BCUT2D eigenvalue weighted by atomic mass is 16.5. The number of benzene rings is 2. The monoisotopic (exact) mass is 279 g/mol. The fraction of sp³-hybridized carbons (Fsp3) is 0.294. The lowest BCUT2D eigenvalue weighted by Gasteiger charge is -2.18. The zero-order valence-electron chi connectivity index (χ0n) is 11.7. The molecule has 0 bridgehead atoms. The van der Waals surface area contributed by atoms with Crippen molar-refractivity contribution < 1.29 is 4.52 Å². The van der Waals surface area contributed by atoms with Crippen LogP contribution in [-0.2, 0) is 0 Å². The molecule has 1 aliphatic rings. The molecule has 21 heavy (non-hydrogen) atoms. The van der Waals surface area contributed by atoms with E-state index in [1.165, 1.54) is 17.2 Å². The second-order valence-electron chi connectivity index (χ2n) is 5.56. The van der Waals surface area contributed by atoms with Crippen molar-refractivity contribution in [3.8, 4) is 11.4 Å². The Morgan fingerprint density at radius 3 is 2.86 bits per heavy atom. The van der Waals surface area contributed by atoms with E-state index >= 15 is 0 Å². The summed E-state index contributed by atoms with van der Waals surface area (Å²) in [6.45, 7) is 2.02. The van der Waals surface area contributed by atoms with Crippen LogP contribution in [0.4, 0.5) is 0 Å². The van der Waals surface area contributed by atoms with E-state index in [-0.39, 0.29) is 0 Å². The second kappa shape index (κ2) is 5.30. The number of piperidine rings is 1. The van der Waals surface area contributed by atoms with Crippen LogP contribution in [0.2, 0.25) is 0 Å². The highest BCUT2D eigenvalue weighted by Gasteiger charge is 2.21. The first-order valence-electron chi connectivity index (χ1n) is 7.44. The number of rotatable bonds is 2. The Morgan fingerprint density at radius 2 is 2.00 bits per heavy atom. The number of nitrogens with zero attached hydrogens (tertiary/aromatic N) is 2. The van der Waals surface area contributed by atoms with Gasteiger partial charge in [0, 0.05) is 12.1 Å². The molecule has 1 N–H and O–H groups in total. The number of nitrogens with one attached hydrogen (secondary N) is 1. The third-order valence-electron chi connectivity index (χ3n) is 4.10. The van der Waals surface area contributed by atoms with Gasteiger partial charge in [-0.2, -0.15) is 4.98 Å². The van der Waals surface area contributed by atoms with Crippen molar-refractivity contribution in [1.29, 1.82) is 0 Å². The van der Waals surface area contributed by atoms with Crippen LogP contribution < -0.4 is 5.32 Å². The van der Waals surface area contributed by atoms with Crippen LogP contribution in [0.5, 0.6) is 0 Å². The minimum absolute atomic E-state index is 0.348. The van der Waals surface area contributed by atoms with E-state index in [2.05, 4.69) is 45.8 Å². The summed E-state index contributed by atoms with van der Waals surface area (Å²) in [4.78, 5) is 4.59. The molecule has 0 radical (unpaired) electrons. The molecule has 0 saturated carbocycles. The van der Waals surface area contributed by atoms with Crippen LogP contribution in [0, 0.1) is 0 Å². The Morgan fingerprint density at radius 1 is 1.10 bits per heavy atom. The van der Waals surface area contributed by atoms with Gasteiger partial charge in [-0.25, -0.2) is 0 Å². The highest BCUT2D eigenvalue weighted by Crippen LogP contribution is 2.26. The smallest absolute Gasteiger partial charge is 0.231 e. The molecule has 1 saturated heterocycles. The maximum Gasteiger partial charge on any atom is 0.231 e. The van der Waals surface area contributed by atoms with Gasteiger partial charge in [0.25, 0.3) is 0 Å². The zero-order chi connectivity index (χ0) is 14.1. The third-order valence-corrected chi connectivity index (χ3v) is 4.10. The quantitative estimate of drug-likeness (QED) is 0.781. The third kappa shape index (κ3) is 2.43. The molecule has 106 valence electrons. The fourth-order valence-corrected chi connectivity index (χ4v) is 2.91. The Bertz CT molecular complexity index is 759. The number of fused-ring (bicyclic) bond motifs is 1. The Kier molecular flexibility index (Phi) is 3.16. The first kappa shape index (κ1) is 12.5. The molecule has 2 aromatic carbocycles. The molecule has 0 spiro atoms. The van der Waals surface area contributed by atoms with E-state index < -0.39 is 0 Å². The van der Waals surface area contributed by atoms with Gasteiger partial charge in [-0.05, 0) is 36.2 Å². The molecule has 4 heteroatoms. The summed E-state index contributed by atoms with van der Waals surface area (Å²) >= 11 is 0. The van der Waals surface area contributed by atoms with Crippen molar-refractivity contribution in [3.05, 3.63) is 48.4 Å². The number of hydrogen-bond acceptors (Lipinski definition) is 4. The fourth-order valence-electron chi connectivity index (χ4n) is 2.91. The maximum atomic E-state index is 5.47. The molecule has 0 aliphatic carbocycles. The van der Waals surface area contributed by atoms with Crippen molar-refractivity contribution in [2.75, 3.05) is 13.1 Å². The minimum atomic E-state index is 0.348. The summed E-state index contributed by atoms with van der Waals surface area (Å²) in [5.41, 5.74) is 1.01. The molecule has 4 rings (SSSR count). The summed E-state index contributed by atoms with van der Waals surface area (Å²) in [6, 6.07) is 14.6. The second-order valence-corrected chi connectivity index (χ2v) is 5.56. The number of hydrogen-bond donors (Lipinski definition) is 1. The normalized spacial score (nSPS) is 19.0. The maximum absolute atomic E-state index is 5.47. The van der Waals surface area contributed by atoms with Crippen LogP contribution >= 0.6 is 0 Å². The molecule has 1 aromatic heterocycles. The van der Waals surface area contributed by atoms with E-state index in [1.807, 2.05) is 12.1 Å². The topological polar surface area (TPSA) is 51.0 Å². The SMILES string of the molecule is c1ccc2cc(-c3noc([C@H]4CCCNC4)n3)ccc2c1. The van der Waals surface area contributed by atoms with Crippen LogP contribution in [0.15, 0.2) is 47.0 Å². The van der Waals surface area contributed by atoms with Gasteiger partial charge in [0.15, 0.2) is 0 Å². The van der Waals surface area contributed by atoms with Gasteiger partial charge in [0.05, 0.1) is 5.92 Å². The molecule has 0 amide bonds. The lowest BCUT2D eigenvalue weighted by atomic mass is 10.00. The molecule has 3 aromatic rings. The van der Waals surface area contributed by atoms with Crippen molar-refractivity contribution >= 4 is 10.8 Å². The molecule has 1 fully saturated rings. The minimum Gasteiger partial charge on any atom is -0.339 e. The first-order valence-corrected chi connectivity index (χ1v) is 7.44. The van der Waals surface area contributed by atoms with Gasteiger partial charge in [0.2, 0.25) is 11.7 Å². The molecule has 0 unspecified atom stereocenters. The molecular weight excluding hydrogens is 262 g/mol. The van der Waals surface area contributed by atoms with Crippen molar-refractivity contribution in [1.82, 2.24) is 15.5 Å². The summed E-state index contributed by atoms with van der Waals surface area (Å²) in [7, 11) is 0. The molecule has 1 aliphatic heterocycles. The van der Waals surface area contributed by atoms with E-state index in [9.17, 15) is 0 Å². The molecule has 1 atom stereocenters. The highest BCUT2D eigenvalue weighted by molar-refractivity contribution is 5.86. The van der Waals surface area contributed by atoms with Gasteiger partial charge in [-0.1, -0.05) is 41.6 Å². The largest absolute Gasteiger partial charge is 0.339 e. The molecule has 2 heterocycles. The average molecular weight is 279 g/mol. The Balaban J connectivity index is 1.67. The molecular formula is C17H17N3O. The van der Waals surface area contributed by atoms with Gasteiger partial charge in [-0.15, -0.1) is 0 Å². The van der Waals surface area contributed by atoms with E-state index in [0.29, 0.717) is 11.7 Å². The predicted octanol–water partition coefficient (Wildman–Crippen LogP) is 3.36. The average Bonchev–Trinajstić information content (AvgIpc) is 3.05. The van der Waals surface area contributed by atoms with Crippen molar-refractivity contribution in [3.63, 3.8) is 0 Å². The van der Waals surface area contributed by atoms with Crippen LogP contribution in [0.1, 0.15) is 24.7 Å². The van der Waals surface area contributed by atoms with Crippen LogP contribution in [-0.4, -0.2) is 23.2 Å². The van der Waals surface area contributed by atoms with E-state index in [4.69, 9.17) is 4.52 Å². The predicted molar refractivity (Wildman–Crippen MR) is 82.1 cm³/mol. The summed E-state index contributed by atoms with van der Waals surface area (Å²) in [5, 5.41) is 9.95. The summed E-state index contributed by atoms with van der Waals surface area (Å²) in [5.74, 6) is 1.78. The van der Waals surface area contributed by atoms with E-state index in [1.54, 1.807) is 0 Å². The van der Waals surface area contributed by atoms with Gasteiger partial charge >= 0.3 is 0 Å². The Hall–Kier alpha value is -2.20. The van der Waals surface area contributed by atoms with Crippen molar-refractivity contribution in [2.24, 2.45) is 0 Å². The van der Waals surface area contributed by atoms with Crippen LogP contribution in [0.3, 0.4) is 0 Å². The van der Waals surface area contributed by atoms with E-state index in [0.717, 1.165) is 31.0 Å². The number of aromatic nitrogens is 2. The first-order chi connectivity index (χ1) is 10.4. The van der Waals surface area contributed by atoms with Gasteiger partial charge in [-0.3, -0.25) is 0 Å². The lowest BCUT2D eigenvalue weighted by molar-refractivity contribution is 0.322. The van der Waals surface area contributed by atoms with Gasteiger partial charge < -0.3 is 9.84 Å². The van der Waals surface area contributed by atoms with Crippen molar-refractivity contribution in [2.45, 2.75) is 18.8 Å². The van der Waals surface area contributed by atoms with Crippen LogP contribution in [0.25, 0.3) is 22.2 Å². The molecule has 4 nitrogen and oxygen atoms in total. The zero-order valence-corrected chi connectivity index (χ0v) is 11.7. The summed E-state index contributed by atoms with van der Waals surface area (Å²) in [6.07, 6.45) is 2.28. The van der Waals surface area contributed by atoms with Gasteiger partial charge in [0.1, 0.15) is 0 Å². The Labute approximate surface area is 123 Å². The lowest BCUT2D eigenvalue weighted by Crippen LogP contribution is -2.28. The standard InChI is InChI=1S/C17H17N3O/c1-2-5-13-10-14(8-7-12(13)4-1)16-19-17(21-20-16)15-6-3-9-18-11-15/h1-2,4-5,7-8,10,15,18H,3,6,9,11H2/t15-/m0/s1.